The minimum atomic E-state index is -0.880. The second-order valence-corrected chi connectivity index (χ2v) is 14.4. The number of hydrogen-bond donors (Lipinski definition) is 0. The maximum absolute atomic E-state index is 14.2. The van der Waals surface area contributed by atoms with Gasteiger partial charge in [-0.05, 0) is 75.1 Å². The van der Waals surface area contributed by atoms with E-state index >= 15 is 0 Å². The molecule has 54 heavy (non-hydrogen) atoms. The normalized spacial score (nSPS) is 17.4. The molecule has 4 aromatic rings. The molecule has 7 rings (SSSR count). The van der Waals surface area contributed by atoms with E-state index in [1.165, 1.54) is 75.4 Å². The van der Waals surface area contributed by atoms with Crippen molar-refractivity contribution < 1.29 is 49.3 Å². The largest absolute Gasteiger partial charge is 1.00 e. The summed E-state index contributed by atoms with van der Waals surface area (Å²) in [4.78, 5) is 29.1. The Bertz CT molecular complexity index is 1990. The molecule has 288 valence electrons. The molecule has 3 fully saturated rings. The predicted octanol–water partition coefficient (Wildman–Crippen LogP) is 5.31. The third-order valence-corrected chi connectivity index (χ3v) is 10.8. The minimum absolute atomic E-state index is 0. The van der Waals surface area contributed by atoms with E-state index in [1.54, 1.807) is 48.1 Å². The molecule has 1 amide bonds. The number of unbranched alkanes of at least 4 members (excludes halogenated alkanes) is 4. The molecule has 0 N–H and O–H groups in total. The maximum Gasteiger partial charge on any atom is 0.264 e. The number of pyridine rings is 1. The lowest BCUT2D eigenvalue weighted by atomic mass is 9.85. The summed E-state index contributed by atoms with van der Waals surface area (Å²) < 4.78 is 49.3. The van der Waals surface area contributed by atoms with E-state index in [1.807, 2.05) is 6.92 Å². The molecule has 0 saturated carbocycles. The average molecular weight is 807 g/mol. The zero-order chi connectivity index (χ0) is 37.4. The van der Waals surface area contributed by atoms with Crippen molar-refractivity contribution in [2.75, 3.05) is 57.9 Å². The van der Waals surface area contributed by atoms with Crippen molar-refractivity contribution in [1.29, 1.82) is 0 Å². The Labute approximate surface area is 327 Å². The standard InChI is InChI=1S/C43H50F2N3O5.BrH/c1-4-16-46(34-24-32(44)23-33(45)25-34)43(50)40-30-47(35-26-37(51-3)28-38(27-35)52-21-5-2)41-29-36(11-12-39(41)42(40)49)53-22-10-8-6-7-9-17-48-18-13-31(14-19-48)15-20-48;/h1,11-12,23-31H,5-10,13-22H2,2-3H3;1H/q+1;/p-1. The Hall–Kier alpha value is -4.40. The van der Waals surface area contributed by atoms with Crippen molar-refractivity contribution in [2.24, 2.45) is 5.92 Å². The zero-order valence-corrected chi connectivity index (χ0v) is 32.8. The SMILES string of the molecule is C#CCN(C(=O)c1cn(-c2cc(OC)cc(OCCC)c2)c2cc(OCCCCCCC[N+]34CCC(CC3)CC4)ccc2c1=O)c1cc(F)cc(F)c1.[Br-]. The predicted molar refractivity (Wildman–Crippen MR) is 204 cm³/mol. The molecule has 3 aliphatic rings. The average Bonchev–Trinajstić information content (AvgIpc) is 3.17. The fourth-order valence-corrected chi connectivity index (χ4v) is 7.83. The topological polar surface area (TPSA) is 70.0 Å². The fraction of sp³-hybridized carbons (Fsp3) is 0.442. The Morgan fingerprint density at radius 1 is 0.889 bits per heavy atom. The monoisotopic (exact) mass is 805 g/mol. The number of carbonyl (C=O) groups excluding carboxylic acids is 1. The first-order valence-corrected chi connectivity index (χ1v) is 18.9. The van der Waals surface area contributed by atoms with Gasteiger partial charge in [-0.25, -0.2) is 8.78 Å². The summed E-state index contributed by atoms with van der Waals surface area (Å²) in [5.74, 6) is 2.43. The van der Waals surface area contributed by atoms with Crippen LogP contribution in [0.5, 0.6) is 17.2 Å². The van der Waals surface area contributed by atoms with Crippen LogP contribution < -0.4 is 41.5 Å². The Kier molecular flexibility index (Phi) is 14.2. The highest BCUT2D eigenvalue weighted by atomic mass is 79.9. The number of rotatable bonds is 17. The molecule has 3 aromatic carbocycles. The number of benzene rings is 3. The van der Waals surface area contributed by atoms with Crippen LogP contribution in [0.4, 0.5) is 14.5 Å². The smallest absolute Gasteiger partial charge is 0.264 e. The van der Waals surface area contributed by atoms with Crippen LogP contribution in [-0.2, 0) is 0 Å². The molecule has 11 heteroatoms. The number of fused-ring (bicyclic) bond motifs is 4. The van der Waals surface area contributed by atoms with Crippen molar-refractivity contribution in [1.82, 2.24) is 4.57 Å². The number of aromatic nitrogens is 1. The number of terminal acetylenes is 1. The zero-order valence-electron chi connectivity index (χ0n) is 31.3. The van der Waals surface area contributed by atoms with E-state index in [0.29, 0.717) is 47.7 Å². The van der Waals surface area contributed by atoms with Crippen molar-refractivity contribution >= 4 is 22.5 Å². The summed E-state index contributed by atoms with van der Waals surface area (Å²) in [7, 11) is 1.54. The lowest BCUT2D eigenvalue weighted by molar-refractivity contribution is -0.942. The van der Waals surface area contributed by atoms with Gasteiger partial charge in [-0.1, -0.05) is 25.7 Å². The first kappa shape index (κ1) is 40.8. The van der Waals surface area contributed by atoms with Crippen LogP contribution >= 0.6 is 0 Å². The highest BCUT2D eigenvalue weighted by Crippen LogP contribution is 2.34. The van der Waals surface area contributed by atoms with Gasteiger partial charge in [0.2, 0.25) is 5.43 Å². The number of quaternary nitrogens is 1. The highest BCUT2D eigenvalue weighted by molar-refractivity contribution is 6.08. The van der Waals surface area contributed by atoms with E-state index in [9.17, 15) is 18.4 Å². The van der Waals surface area contributed by atoms with Crippen molar-refractivity contribution in [3.63, 3.8) is 0 Å². The molecule has 4 heterocycles. The molecule has 3 aliphatic heterocycles. The number of amides is 1. The van der Waals surface area contributed by atoms with Crippen molar-refractivity contribution in [3.8, 4) is 35.3 Å². The van der Waals surface area contributed by atoms with Crippen LogP contribution in [-0.4, -0.2) is 68.0 Å². The number of anilines is 1. The van der Waals surface area contributed by atoms with Crippen LogP contribution in [0.2, 0.25) is 0 Å². The van der Waals surface area contributed by atoms with Gasteiger partial charge in [0.05, 0.1) is 69.9 Å². The molecule has 8 nitrogen and oxygen atoms in total. The second-order valence-electron chi connectivity index (χ2n) is 14.4. The molecule has 0 unspecified atom stereocenters. The minimum Gasteiger partial charge on any atom is -1.00 e. The number of nitrogens with zero attached hydrogens (tertiary/aromatic N) is 3. The van der Waals surface area contributed by atoms with Crippen LogP contribution in [0, 0.1) is 29.9 Å². The Morgan fingerprint density at radius 2 is 1.56 bits per heavy atom. The first-order chi connectivity index (χ1) is 25.7. The van der Waals surface area contributed by atoms with Gasteiger partial charge in [-0.2, -0.15) is 0 Å². The van der Waals surface area contributed by atoms with Gasteiger partial charge >= 0.3 is 0 Å². The van der Waals surface area contributed by atoms with Gasteiger partial charge in [-0.15, -0.1) is 6.42 Å². The molecule has 2 bridgehead atoms. The summed E-state index contributed by atoms with van der Waals surface area (Å²) in [5.41, 5.74) is 0.155. The quantitative estimate of drug-likeness (QED) is 0.0823. The van der Waals surface area contributed by atoms with Gasteiger partial charge in [0.15, 0.2) is 0 Å². The second kappa shape index (κ2) is 18.8. The van der Waals surface area contributed by atoms with Crippen LogP contribution in [0.1, 0.15) is 75.1 Å². The number of carbonyl (C=O) groups is 1. The van der Waals surface area contributed by atoms with E-state index < -0.39 is 23.0 Å². The van der Waals surface area contributed by atoms with Crippen LogP contribution in [0.3, 0.4) is 0 Å². The van der Waals surface area contributed by atoms with E-state index in [0.717, 1.165) is 42.2 Å². The lowest BCUT2D eigenvalue weighted by Crippen LogP contribution is -3.00. The highest BCUT2D eigenvalue weighted by Gasteiger charge is 2.38. The van der Waals surface area contributed by atoms with Crippen LogP contribution in [0.25, 0.3) is 16.6 Å². The number of ether oxygens (including phenoxy) is 3. The van der Waals surface area contributed by atoms with E-state index in [2.05, 4.69) is 5.92 Å². The third kappa shape index (κ3) is 9.63. The molecule has 0 radical (unpaired) electrons. The number of methoxy groups -OCH3 is 1. The first-order valence-electron chi connectivity index (χ1n) is 18.9. The van der Waals surface area contributed by atoms with Gasteiger partial charge in [0, 0.05) is 41.9 Å². The molecular weight excluding hydrogens is 756 g/mol. The van der Waals surface area contributed by atoms with Gasteiger partial charge in [0.1, 0.15) is 34.4 Å². The number of halogens is 3. The Balaban J connectivity index is 0.00000561. The van der Waals surface area contributed by atoms with Crippen molar-refractivity contribution in [2.45, 2.75) is 64.7 Å². The summed E-state index contributed by atoms with van der Waals surface area (Å²) >= 11 is 0. The van der Waals surface area contributed by atoms with Gasteiger partial charge in [0.25, 0.3) is 5.91 Å². The van der Waals surface area contributed by atoms with Crippen LogP contribution in [0.15, 0.2) is 65.6 Å². The molecule has 0 aliphatic carbocycles. The lowest BCUT2D eigenvalue weighted by Gasteiger charge is -2.49. The van der Waals surface area contributed by atoms with E-state index in [-0.39, 0.29) is 40.2 Å². The van der Waals surface area contributed by atoms with E-state index in [4.69, 9.17) is 20.6 Å². The summed E-state index contributed by atoms with van der Waals surface area (Å²) in [6, 6.07) is 13.2. The molecule has 0 spiro atoms. The number of hydrogen-bond acceptors (Lipinski definition) is 5. The van der Waals surface area contributed by atoms with Gasteiger partial charge < -0.3 is 40.2 Å². The summed E-state index contributed by atoms with van der Waals surface area (Å²) in [6.07, 6.45) is 17.7. The molecule has 3 saturated heterocycles. The Morgan fingerprint density at radius 3 is 2.24 bits per heavy atom. The summed E-state index contributed by atoms with van der Waals surface area (Å²) in [5, 5.41) is 0.248. The van der Waals surface area contributed by atoms with Gasteiger partial charge in [-0.3, -0.25) is 14.5 Å². The number of piperidine rings is 3. The fourth-order valence-electron chi connectivity index (χ4n) is 7.83. The summed E-state index contributed by atoms with van der Waals surface area (Å²) in [6.45, 7) is 8.14. The molecule has 0 atom stereocenters. The molecular formula is C43H50BrF2N3O5. The third-order valence-electron chi connectivity index (χ3n) is 10.8. The maximum atomic E-state index is 14.2. The molecule has 1 aromatic heterocycles. The van der Waals surface area contributed by atoms with Crippen molar-refractivity contribution in [3.05, 3.63) is 88.2 Å².